The summed E-state index contributed by atoms with van der Waals surface area (Å²) in [6.45, 7) is 5.08. The number of hydrogen-bond donors (Lipinski definition) is 2. The number of hydrogen-bond acceptors (Lipinski definition) is 4. The quantitative estimate of drug-likeness (QED) is 0.546. The van der Waals surface area contributed by atoms with Crippen LogP contribution in [0.1, 0.15) is 27.9 Å². The summed E-state index contributed by atoms with van der Waals surface area (Å²) in [5.41, 5.74) is 3.79. The summed E-state index contributed by atoms with van der Waals surface area (Å²) in [6, 6.07) is 6.24. The molecular formula is C23H20F3NO4. The number of aliphatic carboxylic acids is 1. The third kappa shape index (κ3) is 4.63. The van der Waals surface area contributed by atoms with Crippen LogP contribution in [0.5, 0.6) is 11.5 Å². The summed E-state index contributed by atoms with van der Waals surface area (Å²) in [4.78, 5) is 15.1. The third-order valence-electron chi connectivity index (χ3n) is 5.11. The first-order valence-electron chi connectivity index (χ1n) is 9.36. The number of carbonyl (C=O) groups is 1. The Morgan fingerprint density at radius 3 is 2.29 bits per heavy atom. The summed E-state index contributed by atoms with van der Waals surface area (Å²) in [6.07, 6.45) is 0.344. The second kappa shape index (κ2) is 8.67. The molecule has 0 aliphatic heterocycles. The third-order valence-corrected chi connectivity index (χ3v) is 5.11. The number of ether oxygens (including phenoxy) is 1. The molecule has 162 valence electrons. The van der Waals surface area contributed by atoms with Crippen LogP contribution in [-0.4, -0.2) is 27.8 Å². The van der Waals surface area contributed by atoms with E-state index in [1.165, 1.54) is 6.07 Å². The fourth-order valence-electron chi connectivity index (χ4n) is 3.34. The molecule has 2 aromatic carbocycles. The molecule has 8 heteroatoms. The van der Waals surface area contributed by atoms with Crippen LogP contribution in [0.3, 0.4) is 0 Å². The number of pyridine rings is 1. The lowest BCUT2D eigenvalue weighted by Gasteiger charge is -2.17. The van der Waals surface area contributed by atoms with Gasteiger partial charge in [0.05, 0.1) is 0 Å². The average Bonchev–Trinajstić information content (AvgIpc) is 2.71. The Labute approximate surface area is 176 Å². The van der Waals surface area contributed by atoms with E-state index in [1.54, 1.807) is 12.1 Å². The van der Waals surface area contributed by atoms with Gasteiger partial charge in [-0.05, 0) is 73.4 Å². The lowest BCUT2D eigenvalue weighted by Crippen LogP contribution is -2.11. The van der Waals surface area contributed by atoms with Gasteiger partial charge in [-0.1, -0.05) is 0 Å². The average molecular weight is 431 g/mol. The molecule has 1 aromatic heterocycles. The largest absolute Gasteiger partial charge is 0.506 e. The molecule has 1 heterocycles. The highest BCUT2D eigenvalue weighted by molar-refractivity contribution is 5.69. The molecule has 3 aromatic rings. The predicted octanol–water partition coefficient (Wildman–Crippen LogP) is 4.85. The van der Waals surface area contributed by atoms with Crippen LogP contribution in [0.25, 0.3) is 11.3 Å². The van der Waals surface area contributed by atoms with Crippen LogP contribution in [0.2, 0.25) is 0 Å². The number of carboxylic acids is 1. The topological polar surface area (TPSA) is 79.7 Å². The van der Waals surface area contributed by atoms with E-state index in [-0.39, 0.29) is 17.0 Å². The summed E-state index contributed by atoms with van der Waals surface area (Å²) in [7, 11) is 0. The molecule has 0 spiro atoms. The Hall–Kier alpha value is -3.55. The molecule has 0 aliphatic carbocycles. The van der Waals surface area contributed by atoms with Gasteiger partial charge in [0.25, 0.3) is 0 Å². The van der Waals surface area contributed by atoms with Crippen LogP contribution in [-0.2, 0) is 11.2 Å². The van der Waals surface area contributed by atoms with Crippen LogP contribution in [0, 0.1) is 38.2 Å². The van der Waals surface area contributed by atoms with Crippen LogP contribution < -0.4 is 4.74 Å². The van der Waals surface area contributed by atoms with Crippen molar-refractivity contribution < 1.29 is 32.9 Å². The van der Waals surface area contributed by atoms with Gasteiger partial charge in [0.15, 0.2) is 24.1 Å². The smallest absolute Gasteiger partial charge is 0.341 e. The Kier molecular flexibility index (Phi) is 6.19. The van der Waals surface area contributed by atoms with Crippen LogP contribution in [0.4, 0.5) is 13.2 Å². The van der Waals surface area contributed by atoms with E-state index >= 15 is 0 Å². The monoisotopic (exact) mass is 431 g/mol. The zero-order valence-electron chi connectivity index (χ0n) is 17.1. The van der Waals surface area contributed by atoms with Gasteiger partial charge in [-0.2, -0.15) is 0 Å². The van der Waals surface area contributed by atoms with Crippen LogP contribution >= 0.6 is 0 Å². The highest BCUT2D eigenvalue weighted by Gasteiger charge is 2.17. The van der Waals surface area contributed by atoms with E-state index in [9.17, 15) is 23.1 Å². The van der Waals surface area contributed by atoms with Gasteiger partial charge in [-0.15, -0.1) is 0 Å². The summed E-state index contributed by atoms with van der Waals surface area (Å²) < 4.78 is 45.9. The summed E-state index contributed by atoms with van der Waals surface area (Å²) >= 11 is 0. The van der Waals surface area contributed by atoms with Gasteiger partial charge in [0.2, 0.25) is 0 Å². The highest BCUT2D eigenvalue weighted by atomic mass is 19.2. The number of rotatable bonds is 6. The molecule has 0 fully saturated rings. The first kappa shape index (κ1) is 22.1. The number of aromatic nitrogens is 1. The van der Waals surface area contributed by atoms with Crippen molar-refractivity contribution in [2.24, 2.45) is 0 Å². The number of aryl methyl sites for hydroxylation is 1. The predicted molar refractivity (Wildman–Crippen MR) is 108 cm³/mol. The maximum Gasteiger partial charge on any atom is 0.341 e. The fourth-order valence-corrected chi connectivity index (χ4v) is 3.34. The maximum atomic E-state index is 13.6. The number of nitrogens with zero attached hydrogens (tertiary/aromatic N) is 1. The molecule has 0 saturated heterocycles. The molecule has 2 N–H and O–H groups in total. The van der Waals surface area contributed by atoms with Gasteiger partial charge in [-0.3, -0.25) is 0 Å². The normalized spacial score (nSPS) is 10.9. The van der Waals surface area contributed by atoms with E-state index in [0.29, 0.717) is 17.9 Å². The molecule has 5 nitrogen and oxygen atoms in total. The minimum absolute atomic E-state index is 0.0660. The molecule has 0 radical (unpaired) electrons. The zero-order valence-corrected chi connectivity index (χ0v) is 17.1. The molecule has 0 aliphatic rings. The Balaban J connectivity index is 1.98. The molecular weight excluding hydrogens is 411 g/mol. The Morgan fingerprint density at radius 1 is 1.03 bits per heavy atom. The lowest BCUT2D eigenvalue weighted by molar-refractivity contribution is -0.139. The van der Waals surface area contributed by atoms with Crippen molar-refractivity contribution in [1.29, 1.82) is 0 Å². The molecule has 0 unspecified atom stereocenters. The van der Waals surface area contributed by atoms with Crippen molar-refractivity contribution in [2.45, 2.75) is 27.2 Å². The maximum absolute atomic E-state index is 13.6. The van der Waals surface area contributed by atoms with Gasteiger partial charge in [0.1, 0.15) is 17.2 Å². The van der Waals surface area contributed by atoms with Crippen molar-refractivity contribution in [3.63, 3.8) is 0 Å². The van der Waals surface area contributed by atoms with Crippen molar-refractivity contribution >= 4 is 5.97 Å². The first-order chi connectivity index (χ1) is 14.6. The second-order valence-electron chi connectivity index (χ2n) is 7.20. The zero-order chi connectivity index (χ0) is 22.9. The van der Waals surface area contributed by atoms with Crippen molar-refractivity contribution in [1.82, 2.24) is 4.98 Å². The van der Waals surface area contributed by atoms with Gasteiger partial charge in [0, 0.05) is 17.7 Å². The number of aromatic hydroxyl groups is 1. The lowest BCUT2D eigenvalue weighted by atomic mass is 9.93. The van der Waals surface area contributed by atoms with Crippen molar-refractivity contribution in [3.05, 3.63) is 75.7 Å². The minimum atomic E-state index is -1.59. The molecule has 31 heavy (non-hydrogen) atoms. The van der Waals surface area contributed by atoms with Crippen molar-refractivity contribution in [3.8, 4) is 22.8 Å². The molecule has 3 rings (SSSR count). The Morgan fingerprint density at radius 2 is 1.68 bits per heavy atom. The van der Waals surface area contributed by atoms with E-state index in [1.807, 2.05) is 20.8 Å². The van der Waals surface area contributed by atoms with Gasteiger partial charge >= 0.3 is 5.97 Å². The van der Waals surface area contributed by atoms with E-state index in [4.69, 9.17) is 9.84 Å². The molecule has 0 atom stereocenters. The van der Waals surface area contributed by atoms with Crippen LogP contribution in [0.15, 0.2) is 30.3 Å². The number of carboxylic acid groups (broad SMARTS) is 1. The van der Waals surface area contributed by atoms with E-state index in [0.717, 1.165) is 34.4 Å². The fraction of sp³-hybridized carbons (Fsp3) is 0.217. The summed E-state index contributed by atoms with van der Waals surface area (Å²) in [5, 5.41) is 19.0. The Bertz CT molecular complexity index is 1150. The van der Waals surface area contributed by atoms with Gasteiger partial charge in [-0.25, -0.2) is 22.9 Å². The number of halogens is 3. The molecule has 0 saturated carbocycles. The van der Waals surface area contributed by atoms with E-state index < -0.39 is 30.0 Å². The SMILES string of the molecule is Cc1cc(OCC(=O)O)c(C)c(C)c1Cc1ccc(O)c(-c2cc(F)c(F)c(F)c2)n1. The summed E-state index contributed by atoms with van der Waals surface area (Å²) in [5.74, 6) is -5.24. The highest BCUT2D eigenvalue weighted by Crippen LogP contribution is 2.32. The second-order valence-corrected chi connectivity index (χ2v) is 7.20. The standard InChI is InChI=1S/C23H20F3NO4/c1-11-6-20(31-10-21(29)30)13(3)12(2)16(11)9-15-4-5-19(28)23(27-15)14-7-17(24)22(26)18(25)8-14/h4-8,28H,9-10H2,1-3H3,(H,29,30). The molecule has 0 amide bonds. The number of benzene rings is 2. The van der Waals surface area contributed by atoms with E-state index in [2.05, 4.69) is 4.98 Å². The van der Waals surface area contributed by atoms with Gasteiger partial charge < -0.3 is 14.9 Å². The first-order valence-corrected chi connectivity index (χ1v) is 9.36. The minimum Gasteiger partial charge on any atom is -0.506 e. The molecule has 0 bridgehead atoms. The van der Waals surface area contributed by atoms with Crippen molar-refractivity contribution in [2.75, 3.05) is 6.61 Å².